The van der Waals surface area contributed by atoms with E-state index < -0.39 is 5.60 Å². The Bertz CT molecular complexity index is 414. The molecule has 0 bridgehead atoms. The van der Waals surface area contributed by atoms with Gasteiger partial charge in [0.05, 0.1) is 13.2 Å². The number of rotatable bonds is 8. The van der Waals surface area contributed by atoms with Crippen molar-refractivity contribution >= 4 is 17.6 Å². The van der Waals surface area contributed by atoms with E-state index in [1.165, 1.54) is 0 Å². The summed E-state index contributed by atoms with van der Waals surface area (Å²) in [5, 5.41) is 0. The number of carbonyl (C=O) groups excluding carboxylic acids is 1. The molecule has 0 saturated heterocycles. The van der Waals surface area contributed by atoms with Crippen molar-refractivity contribution < 1.29 is 19.0 Å². The van der Waals surface area contributed by atoms with Crippen LogP contribution in [0.2, 0.25) is 0 Å². The van der Waals surface area contributed by atoms with Crippen molar-refractivity contribution in [2.45, 2.75) is 32.8 Å². The fraction of sp³-hybridized carbons (Fsp3) is 0.533. The predicted octanol–water partition coefficient (Wildman–Crippen LogP) is 3.41. The number of esters is 1. The lowest BCUT2D eigenvalue weighted by atomic mass is 10.1. The number of halogens is 1. The summed E-state index contributed by atoms with van der Waals surface area (Å²) >= 11 is 5.58. The van der Waals surface area contributed by atoms with Gasteiger partial charge in [0, 0.05) is 5.88 Å². The number of alkyl halides is 1. The molecular weight excluding hydrogens is 280 g/mol. The van der Waals surface area contributed by atoms with Crippen molar-refractivity contribution in [3.05, 3.63) is 24.3 Å². The highest BCUT2D eigenvalue weighted by molar-refractivity contribution is 6.17. The highest BCUT2D eigenvalue weighted by Crippen LogP contribution is 2.22. The first-order valence-corrected chi connectivity index (χ1v) is 7.18. The second-order valence-corrected chi connectivity index (χ2v) is 5.07. The molecule has 0 N–H and O–H groups in total. The minimum atomic E-state index is -1.02. The lowest BCUT2D eigenvalue weighted by molar-refractivity contribution is -0.158. The third-order valence-electron chi connectivity index (χ3n) is 2.51. The molecule has 0 aromatic heterocycles. The predicted molar refractivity (Wildman–Crippen MR) is 78.6 cm³/mol. The monoisotopic (exact) mass is 300 g/mol. The van der Waals surface area contributed by atoms with E-state index in [1.54, 1.807) is 45.0 Å². The summed E-state index contributed by atoms with van der Waals surface area (Å²) in [5.74, 6) is 1.53. The summed E-state index contributed by atoms with van der Waals surface area (Å²) in [6.45, 7) is 6.03. The van der Waals surface area contributed by atoms with E-state index in [4.69, 9.17) is 25.8 Å². The summed E-state index contributed by atoms with van der Waals surface area (Å²) in [7, 11) is 0. The molecule has 0 aliphatic heterocycles. The van der Waals surface area contributed by atoms with E-state index in [9.17, 15) is 4.79 Å². The van der Waals surface area contributed by atoms with Gasteiger partial charge in [-0.1, -0.05) is 0 Å². The van der Waals surface area contributed by atoms with E-state index in [-0.39, 0.29) is 5.97 Å². The third kappa shape index (κ3) is 5.29. The smallest absolute Gasteiger partial charge is 0.349 e. The molecule has 0 radical (unpaired) electrons. The van der Waals surface area contributed by atoms with Crippen LogP contribution in [0, 0.1) is 0 Å². The largest absolute Gasteiger partial charge is 0.494 e. The van der Waals surface area contributed by atoms with E-state index in [0.717, 1.165) is 12.2 Å². The van der Waals surface area contributed by atoms with Gasteiger partial charge >= 0.3 is 5.97 Å². The van der Waals surface area contributed by atoms with Crippen LogP contribution in [0.1, 0.15) is 27.2 Å². The Morgan fingerprint density at radius 3 is 2.35 bits per heavy atom. The number of hydrogen-bond donors (Lipinski definition) is 0. The highest BCUT2D eigenvalue weighted by Gasteiger charge is 2.31. The van der Waals surface area contributed by atoms with Crippen molar-refractivity contribution in [3.63, 3.8) is 0 Å². The fourth-order valence-electron chi connectivity index (χ4n) is 1.49. The average molecular weight is 301 g/mol. The highest BCUT2D eigenvalue weighted by atomic mass is 35.5. The zero-order valence-electron chi connectivity index (χ0n) is 12.1. The molecule has 0 saturated carbocycles. The molecule has 0 atom stereocenters. The summed E-state index contributed by atoms with van der Waals surface area (Å²) in [6, 6.07) is 7.11. The Kier molecular flexibility index (Phi) is 6.65. The Labute approximate surface area is 125 Å². The van der Waals surface area contributed by atoms with Crippen molar-refractivity contribution in [1.82, 2.24) is 0 Å². The molecule has 0 aliphatic carbocycles. The van der Waals surface area contributed by atoms with E-state index in [0.29, 0.717) is 24.8 Å². The van der Waals surface area contributed by atoms with Crippen LogP contribution in [0.3, 0.4) is 0 Å². The molecule has 4 nitrogen and oxygen atoms in total. The normalized spacial score (nSPS) is 11.0. The summed E-state index contributed by atoms with van der Waals surface area (Å²) < 4.78 is 16.1. The van der Waals surface area contributed by atoms with Gasteiger partial charge < -0.3 is 14.2 Å². The Hall–Kier alpha value is -1.42. The Balaban J connectivity index is 2.58. The van der Waals surface area contributed by atoms with Gasteiger partial charge in [0.25, 0.3) is 0 Å². The van der Waals surface area contributed by atoms with Crippen LogP contribution in [0.25, 0.3) is 0 Å². The van der Waals surface area contributed by atoms with E-state index in [1.807, 2.05) is 0 Å². The molecule has 20 heavy (non-hydrogen) atoms. The molecule has 1 aromatic carbocycles. The summed E-state index contributed by atoms with van der Waals surface area (Å²) in [4.78, 5) is 11.7. The van der Waals surface area contributed by atoms with Gasteiger partial charge in [-0.25, -0.2) is 4.79 Å². The van der Waals surface area contributed by atoms with Crippen LogP contribution in [0.5, 0.6) is 11.5 Å². The minimum absolute atomic E-state index is 0.332. The molecule has 0 spiro atoms. The molecule has 0 fully saturated rings. The second-order valence-electron chi connectivity index (χ2n) is 4.70. The molecular formula is C15H21ClO4. The standard InChI is InChI=1S/C15H21ClO4/c1-4-18-14(17)15(2,3)20-13-8-6-12(7-9-13)19-11-5-10-16/h6-9H,4-5,10-11H2,1-3H3. The summed E-state index contributed by atoms with van der Waals surface area (Å²) in [5.41, 5.74) is -1.02. The Morgan fingerprint density at radius 1 is 1.20 bits per heavy atom. The third-order valence-corrected chi connectivity index (χ3v) is 2.78. The van der Waals surface area contributed by atoms with Crippen molar-refractivity contribution in [2.24, 2.45) is 0 Å². The van der Waals surface area contributed by atoms with E-state index >= 15 is 0 Å². The SMILES string of the molecule is CCOC(=O)C(C)(C)Oc1ccc(OCCCCl)cc1. The molecule has 0 unspecified atom stereocenters. The average Bonchev–Trinajstić information content (AvgIpc) is 2.41. The van der Waals surface area contributed by atoms with Crippen molar-refractivity contribution in [1.29, 1.82) is 0 Å². The first-order chi connectivity index (χ1) is 9.49. The van der Waals surface area contributed by atoms with Crippen LogP contribution in [-0.4, -0.2) is 30.7 Å². The zero-order valence-corrected chi connectivity index (χ0v) is 12.9. The van der Waals surface area contributed by atoms with Gasteiger partial charge in [0.1, 0.15) is 11.5 Å². The maximum atomic E-state index is 11.7. The van der Waals surface area contributed by atoms with E-state index in [2.05, 4.69) is 0 Å². The van der Waals surface area contributed by atoms with Crippen molar-refractivity contribution in [3.8, 4) is 11.5 Å². The topological polar surface area (TPSA) is 44.8 Å². The molecule has 0 heterocycles. The maximum absolute atomic E-state index is 11.7. The quantitative estimate of drug-likeness (QED) is 0.419. The fourth-order valence-corrected chi connectivity index (χ4v) is 1.60. The Morgan fingerprint density at radius 2 is 1.80 bits per heavy atom. The van der Waals surface area contributed by atoms with Gasteiger partial charge in [-0.05, 0) is 51.5 Å². The van der Waals surface area contributed by atoms with Crippen LogP contribution in [0.4, 0.5) is 0 Å². The molecule has 5 heteroatoms. The molecule has 1 aromatic rings. The summed E-state index contributed by atoms with van der Waals surface area (Å²) in [6.07, 6.45) is 0.801. The number of ether oxygens (including phenoxy) is 3. The van der Waals surface area contributed by atoms with Crippen LogP contribution in [-0.2, 0) is 9.53 Å². The molecule has 1 rings (SSSR count). The first-order valence-electron chi connectivity index (χ1n) is 6.64. The second kappa shape index (κ2) is 8.00. The first kappa shape index (κ1) is 16.6. The zero-order chi connectivity index (χ0) is 15.0. The number of benzene rings is 1. The maximum Gasteiger partial charge on any atom is 0.349 e. The van der Waals surface area contributed by atoms with Gasteiger partial charge in [0.15, 0.2) is 5.60 Å². The van der Waals surface area contributed by atoms with Gasteiger partial charge in [-0.2, -0.15) is 0 Å². The van der Waals surface area contributed by atoms with Crippen LogP contribution < -0.4 is 9.47 Å². The van der Waals surface area contributed by atoms with Gasteiger partial charge in [0.2, 0.25) is 0 Å². The van der Waals surface area contributed by atoms with Crippen LogP contribution in [0.15, 0.2) is 24.3 Å². The molecule has 0 amide bonds. The molecule has 0 aliphatic rings. The molecule has 112 valence electrons. The lowest BCUT2D eigenvalue weighted by Gasteiger charge is -2.24. The van der Waals surface area contributed by atoms with Gasteiger partial charge in [-0.15, -0.1) is 11.6 Å². The minimum Gasteiger partial charge on any atom is -0.494 e. The van der Waals surface area contributed by atoms with Gasteiger partial charge in [-0.3, -0.25) is 0 Å². The van der Waals surface area contributed by atoms with Crippen molar-refractivity contribution in [2.75, 3.05) is 19.1 Å². The lowest BCUT2D eigenvalue weighted by Crippen LogP contribution is -2.39. The number of hydrogen-bond acceptors (Lipinski definition) is 4. The number of carbonyl (C=O) groups is 1. The van der Waals surface area contributed by atoms with Crippen LogP contribution >= 0.6 is 11.6 Å².